The third kappa shape index (κ3) is 3.01. The van der Waals surface area contributed by atoms with E-state index < -0.39 is 11.8 Å². The molecule has 0 aliphatic carbocycles. The van der Waals surface area contributed by atoms with Gasteiger partial charge in [-0.05, 0) is 12.1 Å². The Labute approximate surface area is 98.6 Å². The molecule has 17 heavy (non-hydrogen) atoms. The first-order valence-electron chi connectivity index (χ1n) is 5.48. The maximum atomic E-state index is 13.6. The highest BCUT2D eigenvalue weighted by Gasteiger charge is 2.14. The molecule has 0 saturated carbocycles. The van der Waals surface area contributed by atoms with Gasteiger partial charge in [-0.3, -0.25) is 4.90 Å². The molecule has 1 saturated heterocycles. The third-order valence-electron chi connectivity index (χ3n) is 2.80. The first-order valence-corrected chi connectivity index (χ1v) is 5.48. The highest BCUT2D eigenvalue weighted by atomic mass is 19.1. The number of halogens is 1. The number of carboxylic acids is 1. The molecule has 92 valence electrons. The topological polar surface area (TPSA) is 49.8 Å². The summed E-state index contributed by atoms with van der Waals surface area (Å²) in [5.41, 5.74) is 0.505. The standard InChI is InChI=1S/C12H14FNO3/c13-11-7-9(12(15)16)1-2-10(11)8-14-3-5-17-6-4-14/h1-2,7H,3-6,8H2,(H,15,16). The minimum Gasteiger partial charge on any atom is -0.478 e. The van der Waals surface area contributed by atoms with Crippen molar-refractivity contribution in [3.05, 3.63) is 35.1 Å². The summed E-state index contributed by atoms with van der Waals surface area (Å²) in [6.45, 7) is 3.37. The van der Waals surface area contributed by atoms with Gasteiger partial charge < -0.3 is 9.84 Å². The zero-order chi connectivity index (χ0) is 12.3. The second kappa shape index (κ2) is 5.25. The number of carboxylic acid groups (broad SMARTS) is 1. The van der Waals surface area contributed by atoms with Crippen LogP contribution >= 0.6 is 0 Å². The molecule has 1 aliphatic heterocycles. The van der Waals surface area contributed by atoms with Gasteiger partial charge in [0.2, 0.25) is 0 Å². The second-order valence-electron chi connectivity index (χ2n) is 4.00. The van der Waals surface area contributed by atoms with E-state index in [-0.39, 0.29) is 5.56 Å². The summed E-state index contributed by atoms with van der Waals surface area (Å²) in [6, 6.07) is 4.04. The molecule has 4 nitrogen and oxygen atoms in total. The van der Waals surface area contributed by atoms with Crippen molar-refractivity contribution in [2.75, 3.05) is 26.3 Å². The SMILES string of the molecule is O=C(O)c1ccc(CN2CCOCC2)c(F)c1. The van der Waals surface area contributed by atoms with E-state index in [4.69, 9.17) is 9.84 Å². The van der Waals surface area contributed by atoms with E-state index in [0.29, 0.717) is 25.3 Å². The van der Waals surface area contributed by atoms with Crippen LogP contribution in [-0.4, -0.2) is 42.3 Å². The van der Waals surface area contributed by atoms with Crippen LogP contribution < -0.4 is 0 Å². The Morgan fingerprint density at radius 2 is 2.12 bits per heavy atom. The highest BCUT2D eigenvalue weighted by Crippen LogP contribution is 2.14. The number of ether oxygens (including phenoxy) is 1. The number of rotatable bonds is 3. The number of hydrogen-bond donors (Lipinski definition) is 1. The lowest BCUT2D eigenvalue weighted by Crippen LogP contribution is -2.35. The van der Waals surface area contributed by atoms with Crippen LogP contribution in [0.1, 0.15) is 15.9 Å². The lowest BCUT2D eigenvalue weighted by molar-refractivity contribution is 0.0337. The minimum absolute atomic E-state index is 0.0202. The highest BCUT2D eigenvalue weighted by molar-refractivity contribution is 5.87. The monoisotopic (exact) mass is 239 g/mol. The maximum Gasteiger partial charge on any atom is 0.335 e. The van der Waals surface area contributed by atoms with Crippen molar-refractivity contribution < 1.29 is 19.0 Å². The Balaban J connectivity index is 2.08. The van der Waals surface area contributed by atoms with Crippen molar-refractivity contribution in [3.8, 4) is 0 Å². The van der Waals surface area contributed by atoms with Crippen LogP contribution in [0, 0.1) is 5.82 Å². The lowest BCUT2D eigenvalue weighted by atomic mass is 10.1. The van der Waals surface area contributed by atoms with Crippen LogP contribution in [0.15, 0.2) is 18.2 Å². The van der Waals surface area contributed by atoms with E-state index in [2.05, 4.69) is 4.90 Å². The van der Waals surface area contributed by atoms with Crippen molar-refractivity contribution in [1.29, 1.82) is 0 Å². The second-order valence-corrected chi connectivity index (χ2v) is 4.00. The first-order chi connectivity index (χ1) is 8.16. The van der Waals surface area contributed by atoms with E-state index in [0.717, 1.165) is 19.2 Å². The Bertz CT molecular complexity index is 416. The zero-order valence-corrected chi connectivity index (χ0v) is 9.36. The van der Waals surface area contributed by atoms with Crippen molar-refractivity contribution in [3.63, 3.8) is 0 Å². The minimum atomic E-state index is -1.11. The number of aromatic carboxylic acids is 1. The van der Waals surface area contributed by atoms with Gasteiger partial charge in [0, 0.05) is 25.2 Å². The Kier molecular flexibility index (Phi) is 3.71. The van der Waals surface area contributed by atoms with E-state index in [9.17, 15) is 9.18 Å². The average molecular weight is 239 g/mol. The molecular weight excluding hydrogens is 225 g/mol. The van der Waals surface area contributed by atoms with Gasteiger partial charge in [0.25, 0.3) is 0 Å². The Morgan fingerprint density at radius 3 is 2.71 bits per heavy atom. The smallest absolute Gasteiger partial charge is 0.335 e. The van der Waals surface area contributed by atoms with Crippen LogP contribution in [0.4, 0.5) is 4.39 Å². The summed E-state index contributed by atoms with van der Waals surface area (Å²) in [5, 5.41) is 8.73. The summed E-state index contributed by atoms with van der Waals surface area (Å²) in [4.78, 5) is 12.7. The Morgan fingerprint density at radius 1 is 1.41 bits per heavy atom. The number of hydrogen-bond acceptors (Lipinski definition) is 3. The number of carbonyl (C=O) groups is 1. The van der Waals surface area contributed by atoms with Crippen LogP contribution in [0.5, 0.6) is 0 Å². The fraction of sp³-hybridized carbons (Fsp3) is 0.417. The van der Waals surface area contributed by atoms with Crippen LogP contribution in [0.3, 0.4) is 0 Å². The zero-order valence-electron chi connectivity index (χ0n) is 9.36. The molecule has 1 fully saturated rings. The van der Waals surface area contributed by atoms with Crippen LogP contribution in [-0.2, 0) is 11.3 Å². The summed E-state index contributed by atoms with van der Waals surface area (Å²) in [7, 11) is 0. The van der Waals surface area contributed by atoms with Gasteiger partial charge in [-0.25, -0.2) is 9.18 Å². The van der Waals surface area contributed by atoms with Gasteiger partial charge in [0.15, 0.2) is 0 Å². The number of benzene rings is 1. The molecule has 1 aromatic rings. The number of morpholine rings is 1. The molecule has 1 aliphatic rings. The fourth-order valence-corrected chi connectivity index (χ4v) is 1.81. The molecule has 2 rings (SSSR count). The summed E-state index contributed by atoms with van der Waals surface area (Å²) >= 11 is 0. The quantitative estimate of drug-likeness (QED) is 0.865. The molecule has 0 bridgehead atoms. The molecule has 0 aromatic heterocycles. The van der Waals surface area contributed by atoms with Gasteiger partial charge in [0.05, 0.1) is 18.8 Å². The van der Waals surface area contributed by atoms with Crippen LogP contribution in [0.25, 0.3) is 0 Å². The molecule has 1 N–H and O–H groups in total. The largest absolute Gasteiger partial charge is 0.478 e. The van der Waals surface area contributed by atoms with E-state index in [1.165, 1.54) is 12.1 Å². The number of nitrogens with zero attached hydrogens (tertiary/aromatic N) is 1. The first kappa shape index (κ1) is 12.0. The molecule has 0 spiro atoms. The van der Waals surface area contributed by atoms with Gasteiger partial charge in [-0.15, -0.1) is 0 Å². The van der Waals surface area contributed by atoms with E-state index in [1.54, 1.807) is 0 Å². The lowest BCUT2D eigenvalue weighted by Gasteiger charge is -2.26. The molecule has 1 heterocycles. The molecule has 5 heteroatoms. The van der Waals surface area contributed by atoms with Gasteiger partial charge in [-0.2, -0.15) is 0 Å². The van der Waals surface area contributed by atoms with Gasteiger partial charge >= 0.3 is 5.97 Å². The molecule has 0 unspecified atom stereocenters. The van der Waals surface area contributed by atoms with Gasteiger partial charge in [0.1, 0.15) is 5.82 Å². The van der Waals surface area contributed by atoms with Gasteiger partial charge in [-0.1, -0.05) is 6.07 Å². The maximum absolute atomic E-state index is 13.6. The third-order valence-corrected chi connectivity index (χ3v) is 2.80. The van der Waals surface area contributed by atoms with E-state index in [1.807, 2.05) is 0 Å². The van der Waals surface area contributed by atoms with Crippen molar-refractivity contribution in [2.45, 2.75) is 6.54 Å². The average Bonchev–Trinajstić information content (AvgIpc) is 2.33. The van der Waals surface area contributed by atoms with Crippen LogP contribution in [0.2, 0.25) is 0 Å². The molecular formula is C12H14FNO3. The van der Waals surface area contributed by atoms with Crippen molar-refractivity contribution in [1.82, 2.24) is 4.90 Å². The molecule has 0 radical (unpaired) electrons. The van der Waals surface area contributed by atoms with Crippen molar-refractivity contribution >= 4 is 5.97 Å². The summed E-state index contributed by atoms with van der Waals surface area (Å²) in [6.07, 6.45) is 0. The Hall–Kier alpha value is -1.46. The predicted molar refractivity (Wildman–Crippen MR) is 59.5 cm³/mol. The normalized spacial score (nSPS) is 17.0. The molecule has 0 amide bonds. The fourth-order valence-electron chi connectivity index (χ4n) is 1.81. The molecule has 0 atom stereocenters. The molecule has 1 aromatic carbocycles. The van der Waals surface area contributed by atoms with Crippen molar-refractivity contribution in [2.24, 2.45) is 0 Å². The summed E-state index contributed by atoms with van der Waals surface area (Å²) < 4.78 is 18.8. The van der Waals surface area contributed by atoms with E-state index >= 15 is 0 Å². The summed E-state index contributed by atoms with van der Waals surface area (Å²) in [5.74, 6) is -1.57. The predicted octanol–water partition coefficient (Wildman–Crippen LogP) is 1.36.